The smallest absolute Gasteiger partial charge is 0.253 e. The molecular weight excluding hydrogens is 366 g/mol. The van der Waals surface area contributed by atoms with Crippen molar-refractivity contribution in [2.75, 3.05) is 26.0 Å². The Morgan fingerprint density at radius 2 is 1.78 bits per heavy atom. The molecule has 1 atom stereocenters. The SMILES string of the molecule is CCCN(C[C@H]1COc2ccccc2O1)C(=O)c1ccc(S(C)(=O)=O)cc1. The number of benzene rings is 2. The van der Waals surface area contributed by atoms with Crippen LogP contribution in [-0.4, -0.2) is 51.3 Å². The average molecular weight is 389 g/mol. The van der Waals surface area contributed by atoms with E-state index >= 15 is 0 Å². The van der Waals surface area contributed by atoms with Crippen LogP contribution >= 0.6 is 0 Å². The minimum atomic E-state index is -3.29. The molecule has 0 spiro atoms. The predicted octanol–water partition coefficient (Wildman–Crippen LogP) is 2.78. The molecule has 2 aromatic carbocycles. The van der Waals surface area contributed by atoms with Gasteiger partial charge in [0.2, 0.25) is 0 Å². The second-order valence-electron chi connectivity index (χ2n) is 6.55. The van der Waals surface area contributed by atoms with Gasteiger partial charge in [-0.25, -0.2) is 8.42 Å². The highest BCUT2D eigenvalue weighted by Crippen LogP contribution is 2.31. The van der Waals surface area contributed by atoms with Crippen LogP contribution in [0.3, 0.4) is 0 Å². The van der Waals surface area contributed by atoms with Crippen LogP contribution in [0.15, 0.2) is 53.4 Å². The van der Waals surface area contributed by atoms with E-state index in [0.29, 0.717) is 36.8 Å². The molecule has 1 heterocycles. The van der Waals surface area contributed by atoms with E-state index < -0.39 is 9.84 Å². The van der Waals surface area contributed by atoms with Gasteiger partial charge in [0.05, 0.1) is 11.4 Å². The van der Waals surface area contributed by atoms with Gasteiger partial charge in [0.15, 0.2) is 27.4 Å². The quantitative estimate of drug-likeness (QED) is 0.760. The van der Waals surface area contributed by atoms with Gasteiger partial charge in [0.25, 0.3) is 5.91 Å². The topological polar surface area (TPSA) is 72.9 Å². The van der Waals surface area contributed by atoms with E-state index in [4.69, 9.17) is 9.47 Å². The van der Waals surface area contributed by atoms with Crippen LogP contribution in [0.25, 0.3) is 0 Å². The highest BCUT2D eigenvalue weighted by molar-refractivity contribution is 7.90. The summed E-state index contributed by atoms with van der Waals surface area (Å²) < 4.78 is 34.9. The Morgan fingerprint density at radius 3 is 2.41 bits per heavy atom. The van der Waals surface area contributed by atoms with Crippen molar-refractivity contribution in [2.45, 2.75) is 24.3 Å². The molecule has 1 aliphatic heterocycles. The zero-order chi connectivity index (χ0) is 19.4. The second-order valence-corrected chi connectivity index (χ2v) is 8.56. The van der Waals surface area contributed by atoms with Gasteiger partial charge in [-0.15, -0.1) is 0 Å². The molecule has 0 saturated heterocycles. The van der Waals surface area contributed by atoms with Gasteiger partial charge in [-0.1, -0.05) is 19.1 Å². The fourth-order valence-electron chi connectivity index (χ4n) is 2.97. The van der Waals surface area contributed by atoms with Crippen molar-refractivity contribution in [3.8, 4) is 11.5 Å². The summed E-state index contributed by atoms with van der Waals surface area (Å²) in [7, 11) is -3.29. The molecular formula is C20H23NO5S. The summed E-state index contributed by atoms with van der Waals surface area (Å²) in [6.07, 6.45) is 1.69. The van der Waals surface area contributed by atoms with Crippen molar-refractivity contribution in [2.24, 2.45) is 0 Å². The fourth-order valence-corrected chi connectivity index (χ4v) is 3.60. The molecule has 27 heavy (non-hydrogen) atoms. The molecule has 0 saturated carbocycles. The minimum absolute atomic E-state index is 0.153. The molecule has 1 amide bonds. The van der Waals surface area contributed by atoms with Gasteiger partial charge in [0.1, 0.15) is 6.61 Å². The average Bonchev–Trinajstić information content (AvgIpc) is 2.66. The molecule has 0 aliphatic carbocycles. The number of hydrogen-bond donors (Lipinski definition) is 0. The number of rotatable bonds is 6. The lowest BCUT2D eigenvalue weighted by atomic mass is 10.1. The van der Waals surface area contributed by atoms with E-state index in [1.807, 2.05) is 31.2 Å². The summed E-state index contributed by atoms with van der Waals surface area (Å²) in [5.41, 5.74) is 0.452. The van der Waals surface area contributed by atoms with Crippen LogP contribution in [0.4, 0.5) is 0 Å². The summed E-state index contributed by atoms with van der Waals surface area (Å²) in [4.78, 5) is 14.8. The zero-order valence-corrected chi connectivity index (χ0v) is 16.2. The summed E-state index contributed by atoms with van der Waals surface area (Å²) >= 11 is 0. The van der Waals surface area contributed by atoms with Crippen molar-refractivity contribution in [3.05, 3.63) is 54.1 Å². The highest BCUT2D eigenvalue weighted by atomic mass is 32.2. The third-order valence-electron chi connectivity index (χ3n) is 4.30. The second kappa shape index (κ2) is 8.00. The summed E-state index contributed by atoms with van der Waals surface area (Å²) in [5, 5.41) is 0. The third-order valence-corrected chi connectivity index (χ3v) is 5.43. The Hall–Kier alpha value is -2.54. The lowest BCUT2D eigenvalue weighted by molar-refractivity contribution is 0.0462. The fraction of sp³-hybridized carbons (Fsp3) is 0.350. The number of sulfone groups is 1. The van der Waals surface area contributed by atoms with Gasteiger partial charge < -0.3 is 14.4 Å². The van der Waals surface area contributed by atoms with Crippen molar-refractivity contribution in [1.82, 2.24) is 4.90 Å². The Labute approximate surface area is 159 Å². The third kappa shape index (κ3) is 4.60. The first-order valence-corrected chi connectivity index (χ1v) is 10.8. The van der Waals surface area contributed by atoms with Crippen molar-refractivity contribution in [1.29, 1.82) is 0 Å². The van der Waals surface area contributed by atoms with Crippen LogP contribution in [-0.2, 0) is 9.84 Å². The maximum absolute atomic E-state index is 12.9. The Bertz CT molecular complexity index is 908. The largest absolute Gasteiger partial charge is 0.486 e. The molecule has 7 heteroatoms. The molecule has 0 fully saturated rings. The Morgan fingerprint density at radius 1 is 1.11 bits per heavy atom. The molecule has 6 nitrogen and oxygen atoms in total. The molecule has 0 unspecified atom stereocenters. The zero-order valence-electron chi connectivity index (χ0n) is 15.4. The summed E-state index contributed by atoms with van der Waals surface area (Å²) in [5.74, 6) is 1.23. The molecule has 0 bridgehead atoms. The van der Waals surface area contributed by atoms with Gasteiger partial charge in [-0.2, -0.15) is 0 Å². The van der Waals surface area contributed by atoms with Crippen LogP contribution < -0.4 is 9.47 Å². The highest BCUT2D eigenvalue weighted by Gasteiger charge is 2.25. The van der Waals surface area contributed by atoms with E-state index in [1.165, 1.54) is 12.1 Å². The number of nitrogens with zero attached hydrogens (tertiary/aromatic N) is 1. The first kappa shape index (κ1) is 19.2. The van der Waals surface area contributed by atoms with Crippen LogP contribution in [0.1, 0.15) is 23.7 Å². The lowest BCUT2D eigenvalue weighted by Gasteiger charge is -2.31. The number of para-hydroxylation sites is 2. The maximum atomic E-state index is 12.9. The molecule has 0 N–H and O–H groups in total. The van der Waals surface area contributed by atoms with Crippen molar-refractivity contribution < 1.29 is 22.7 Å². The lowest BCUT2D eigenvalue weighted by Crippen LogP contribution is -2.44. The van der Waals surface area contributed by atoms with Gasteiger partial charge >= 0.3 is 0 Å². The van der Waals surface area contributed by atoms with Gasteiger partial charge in [-0.05, 0) is 42.8 Å². The number of amides is 1. The van der Waals surface area contributed by atoms with E-state index in [1.54, 1.807) is 17.0 Å². The van der Waals surface area contributed by atoms with Crippen LogP contribution in [0, 0.1) is 0 Å². The molecule has 0 aromatic heterocycles. The van der Waals surface area contributed by atoms with Gasteiger partial charge in [0, 0.05) is 18.4 Å². The van der Waals surface area contributed by atoms with E-state index in [2.05, 4.69) is 0 Å². The number of fused-ring (bicyclic) bond motifs is 1. The van der Waals surface area contributed by atoms with Gasteiger partial charge in [-0.3, -0.25) is 4.79 Å². The number of ether oxygens (including phenoxy) is 2. The minimum Gasteiger partial charge on any atom is -0.486 e. The molecule has 3 rings (SSSR count). The Balaban J connectivity index is 1.72. The van der Waals surface area contributed by atoms with E-state index in [9.17, 15) is 13.2 Å². The van der Waals surface area contributed by atoms with E-state index in [-0.39, 0.29) is 16.9 Å². The van der Waals surface area contributed by atoms with E-state index in [0.717, 1.165) is 12.7 Å². The first-order valence-electron chi connectivity index (χ1n) is 8.86. The standard InChI is InChI=1S/C20H23NO5S/c1-3-12-21(13-16-14-25-18-6-4-5-7-19(18)26-16)20(22)15-8-10-17(11-9-15)27(2,23)24/h4-11,16H,3,12-14H2,1-2H3/t16-/m0/s1. The van der Waals surface area contributed by atoms with Crippen LogP contribution in [0.5, 0.6) is 11.5 Å². The number of hydrogen-bond acceptors (Lipinski definition) is 5. The number of carbonyl (C=O) groups excluding carboxylic acids is 1. The number of carbonyl (C=O) groups is 1. The monoisotopic (exact) mass is 389 g/mol. The molecule has 2 aromatic rings. The van der Waals surface area contributed by atoms with Crippen molar-refractivity contribution >= 4 is 15.7 Å². The maximum Gasteiger partial charge on any atom is 0.253 e. The molecule has 144 valence electrons. The normalized spacial score (nSPS) is 16.0. The first-order chi connectivity index (χ1) is 12.9. The Kier molecular flexibility index (Phi) is 5.70. The summed E-state index contributed by atoms with van der Waals surface area (Å²) in [6, 6.07) is 13.5. The van der Waals surface area contributed by atoms with Crippen molar-refractivity contribution in [3.63, 3.8) is 0 Å². The summed E-state index contributed by atoms with van der Waals surface area (Å²) in [6.45, 7) is 3.35. The van der Waals surface area contributed by atoms with Crippen LogP contribution in [0.2, 0.25) is 0 Å². The molecule has 1 aliphatic rings. The molecule has 0 radical (unpaired) electrons. The predicted molar refractivity (Wildman–Crippen MR) is 102 cm³/mol.